The summed E-state index contributed by atoms with van der Waals surface area (Å²) in [4.78, 5) is 9.71. The van der Waals surface area contributed by atoms with Gasteiger partial charge in [-0.3, -0.25) is 0 Å². The molecule has 0 aliphatic carbocycles. The SMILES string of the molecule is Cc1ccccc1-c1ccnc(-n2c3[c-]c([Si](c4[c-]c(N5CN(C)c6ccccc65)ccc4)(c4ccccc4)c4ccccc4)ccc3c3ccccc32)c1.[Pt+2]. The van der Waals surface area contributed by atoms with E-state index in [4.69, 9.17) is 4.98 Å². The Morgan fingerprint density at radius 1 is 0.589 bits per heavy atom. The summed E-state index contributed by atoms with van der Waals surface area (Å²) >= 11 is 0. The predicted octanol–water partition coefficient (Wildman–Crippen LogP) is 8.67. The van der Waals surface area contributed by atoms with Crippen molar-refractivity contribution in [3.63, 3.8) is 0 Å². The fraction of sp³-hybridized carbons (Fsp3) is 0.0600. The van der Waals surface area contributed by atoms with E-state index in [-0.39, 0.29) is 21.1 Å². The molecule has 0 radical (unpaired) electrons. The maximum atomic E-state index is 5.02. The van der Waals surface area contributed by atoms with Crippen molar-refractivity contribution in [2.45, 2.75) is 6.92 Å². The minimum Gasteiger partial charge on any atom is -0.355 e. The third-order valence-corrected chi connectivity index (χ3v) is 15.8. The van der Waals surface area contributed by atoms with Gasteiger partial charge in [-0.1, -0.05) is 126 Å². The molecule has 9 aromatic rings. The first-order valence-corrected chi connectivity index (χ1v) is 20.8. The first-order valence-electron chi connectivity index (χ1n) is 18.8. The Bertz CT molecular complexity index is 2810. The van der Waals surface area contributed by atoms with Gasteiger partial charge in [-0.15, -0.1) is 11.5 Å². The van der Waals surface area contributed by atoms with Crippen molar-refractivity contribution in [3.8, 4) is 16.9 Å². The second-order valence-electron chi connectivity index (χ2n) is 14.4. The number of pyridine rings is 1. The van der Waals surface area contributed by atoms with Crippen LogP contribution >= 0.6 is 0 Å². The molecule has 2 aromatic heterocycles. The van der Waals surface area contributed by atoms with Gasteiger partial charge in [0.1, 0.15) is 13.9 Å². The molecule has 0 unspecified atom stereocenters. The van der Waals surface area contributed by atoms with Crippen LogP contribution in [0.2, 0.25) is 0 Å². The van der Waals surface area contributed by atoms with Crippen LogP contribution in [0.15, 0.2) is 182 Å². The van der Waals surface area contributed by atoms with E-state index in [0.29, 0.717) is 0 Å². The van der Waals surface area contributed by atoms with Gasteiger partial charge in [0.2, 0.25) is 0 Å². The summed E-state index contributed by atoms with van der Waals surface area (Å²) in [5.74, 6) is 0.873. The minimum absolute atomic E-state index is 0. The van der Waals surface area contributed by atoms with Gasteiger partial charge < -0.3 is 14.4 Å². The van der Waals surface area contributed by atoms with Gasteiger partial charge in [-0.05, 0) is 69.7 Å². The Balaban J connectivity index is 0.00000410. The monoisotopic (exact) mass is 917 g/mol. The van der Waals surface area contributed by atoms with Gasteiger partial charge in [0, 0.05) is 18.8 Å². The minimum atomic E-state index is -3.04. The molecule has 0 bridgehead atoms. The number of para-hydroxylation sites is 3. The third-order valence-electron chi connectivity index (χ3n) is 11.2. The van der Waals surface area contributed by atoms with Crippen molar-refractivity contribution in [1.82, 2.24) is 9.55 Å². The maximum absolute atomic E-state index is 5.02. The molecule has 7 aromatic carbocycles. The van der Waals surface area contributed by atoms with Crippen LogP contribution in [0, 0.1) is 19.1 Å². The summed E-state index contributed by atoms with van der Waals surface area (Å²) in [5.41, 5.74) is 9.19. The molecule has 0 fully saturated rings. The van der Waals surface area contributed by atoms with Crippen molar-refractivity contribution < 1.29 is 21.1 Å². The summed E-state index contributed by atoms with van der Waals surface area (Å²) in [6.07, 6.45) is 1.93. The van der Waals surface area contributed by atoms with Crippen molar-refractivity contribution in [3.05, 3.63) is 200 Å². The average Bonchev–Trinajstić information content (AvgIpc) is 3.76. The van der Waals surface area contributed by atoms with Gasteiger partial charge >= 0.3 is 21.1 Å². The summed E-state index contributed by atoms with van der Waals surface area (Å²) < 4.78 is 2.31. The molecule has 0 spiro atoms. The average molecular weight is 918 g/mol. The summed E-state index contributed by atoms with van der Waals surface area (Å²) in [6.45, 7) is 2.93. The van der Waals surface area contributed by atoms with Crippen LogP contribution in [-0.4, -0.2) is 31.3 Å². The fourth-order valence-corrected chi connectivity index (χ4v) is 13.2. The zero-order valence-corrected chi connectivity index (χ0v) is 34.4. The van der Waals surface area contributed by atoms with Gasteiger partial charge in [-0.2, -0.15) is 46.8 Å². The number of benzene rings is 7. The Morgan fingerprint density at radius 2 is 1.25 bits per heavy atom. The van der Waals surface area contributed by atoms with Crippen molar-refractivity contribution in [2.75, 3.05) is 23.5 Å². The quantitative estimate of drug-likeness (QED) is 0.0910. The number of aromatic nitrogens is 2. The third kappa shape index (κ3) is 5.73. The van der Waals surface area contributed by atoms with Crippen molar-refractivity contribution in [2.24, 2.45) is 0 Å². The Morgan fingerprint density at radius 3 is 2.02 bits per heavy atom. The topological polar surface area (TPSA) is 24.3 Å². The van der Waals surface area contributed by atoms with Crippen LogP contribution in [0.5, 0.6) is 0 Å². The van der Waals surface area contributed by atoms with E-state index in [9.17, 15) is 0 Å². The van der Waals surface area contributed by atoms with Crippen LogP contribution in [0.3, 0.4) is 0 Å². The number of hydrogen-bond donors (Lipinski definition) is 0. The molecule has 3 heterocycles. The molecule has 0 atom stereocenters. The van der Waals surface area contributed by atoms with Crippen molar-refractivity contribution >= 4 is 67.7 Å². The number of aryl methyl sites for hydroxylation is 1. The smallest absolute Gasteiger partial charge is 0.355 e. The molecule has 0 amide bonds. The Labute approximate surface area is 343 Å². The molecular formula is C50H38N4PtSi. The van der Waals surface area contributed by atoms with Gasteiger partial charge in [-0.25, -0.2) is 4.98 Å². The maximum Gasteiger partial charge on any atom is 2.00 e. The van der Waals surface area contributed by atoms with Gasteiger partial charge in [0.25, 0.3) is 0 Å². The second kappa shape index (κ2) is 14.6. The molecular weight excluding hydrogens is 880 g/mol. The number of fused-ring (bicyclic) bond motifs is 4. The van der Waals surface area contributed by atoms with E-state index in [1.165, 1.54) is 48.6 Å². The van der Waals surface area contributed by atoms with E-state index >= 15 is 0 Å². The molecule has 0 N–H and O–H groups in total. The van der Waals surface area contributed by atoms with Crippen molar-refractivity contribution in [1.29, 1.82) is 0 Å². The van der Waals surface area contributed by atoms with Crippen LogP contribution in [0.25, 0.3) is 38.8 Å². The van der Waals surface area contributed by atoms with E-state index in [1.807, 2.05) is 6.20 Å². The number of hydrogen-bond acceptors (Lipinski definition) is 3. The normalized spacial score (nSPS) is 12.5. The van der Waals surface area contributed by atoms with E-state index < -0.39 is 8.07 Å². The molecule has 10 rings (SSSR count). The summed E-state index contributed by atoms with van der Waals surface area (Å²) in [5, 5.41) is 7.26. The molecule has 6 heteroatoms. The molecule has 1 aliphatic rings. The largest absolute Gasteiger partial charge is 2.00 e. The first kappa shape index (κ1) is 35.7. The van der Waals surface area contributed by atoms with E-state index in [2.05, 4.69) is 216 Å². The van der Waals surface area contributed by atoms with Crippen LogP contribution < -0.4 is 30.5 Å². The van der Waals surface area contributed by atoms with Crippen LogP contribution in [0.4, 0.5) is 17.1 Å². The Hall–Kier alpha value is -6.00. The molecule has 4 nitrogen and oxygen atoms in total. The molecule has 0 saturated heterocycles. The zero-order chi connectivity index (χ0) is 36.9. The Kier molecular flexibility index (Phi) is 9.29. The van der Waals surface area contributed by atoms with E-state index in [0.717, 1.165) is 40.2 Å². The molecule has 1 aliphatic heterocycles. The fourth-order valence-electron chi connectivity index (χ4n) is 8.68. The molecule has 272 valence electrons. The first-order chi connectivity index (χ1) is 27.1. The van der Waals surface area contributed by atoms with Crippen LogP contribution in [0.1, 0.15) is 5.56 Å². The van der Waals surface area contributed by atoms with E-state index in [1.54, 1.807) is 0 Å². The van der Waals surface area contributed by atoms with Gasteiger partial charge in [0.15, 0.2) is 0 Å². The second-order valence-corrected chi connectivity index (χ2v) is 18.1. The van der Waals surface area contributed by atoms with Gasteiger partial charge in [0.05, 0.1) is 18.0 Å². The van der Waals surface area contributed by atoms with Crippen LogP contribution in [-0.2, 0) is 21.1 Å². The standard InChI is InChI=1S/C50H38N4Si.Pt/c1-36-16-9-10-23-43(36)37-30-31-51-50(32-37)54-46-25-12-11-24-44(46)45-29-28-42(34-49(45)54)55(39-18-5-3-6-19-39,40-20-7-4-8-21-40)41-22-15-17-38(33-41)53-35-52(2)47-26-13-14-27-48(47)53;/h3-32H,35H2,1-2H3;/q-2;+2. The number of nitrogens with zero attached hydrogens (tertiary/aromatic N) is 4. The zero-order valence-electron chi connectivity index (χ0n) is 31.1. The molecule has 56 heavy (non-hydrogen) atoms. The molecule has 0 saturated carbocycles. The number of anilines is 3. The summed E-state index contributed by atoms with van der Waals surface area (Å²) in [7, 11) is -0.880. The predicted molar refractivity (Wildman–Crippen MR) is 232 cm³/mol. The summed E-state index contributed by atoms with van der Waals surface area (Å²) in [6, 6.07) is 71.9. The number of rotatable bonds is 7.